The van der Waals surface area contributed by atoms with Gasteiger partial charge >= 0.3 is 0 Å². The molecule has 0 heterocycles. The van der Waals surface area contributed by atoms with Gasteiger partial charge in [-0.25, -0.2) is 8.42 Å². The number of sulfonamides is 1. The molecule has 0 aliphatic rings. The molecule has 0 amide bonds. The summed E-state index contributed by atoms with van der Waals surface area (Å²) in [7, 11) is -2.09. The van der Waals surface area contributed by atoms with E-state index >= 15 is 0 Å². The highest BCUT2D eigenvalue weighted by Gasteiger charge is 2.16. The van der Waals surface area contributed by atoms with Crippen LogP contribution in [-0.4, -0.2) is 22.1 Å². The zero-order valence-electron chi connectivity index (χ0n) is 12.2. The molecule has 2 rings (SSSR count). The maximum atomic E-state index is 12.4. The van der Waals surface area contributed by atoms with Crippen LogP contribution in [0.2, 0.25) is 0 Å². The van der Waals surface area contributed by atoms with E-state index in [2.05, 4.69) is 4.72 Å². The van der Waals surface area contributed by atoms with E-state index in [9.17, 15) is 8.42 Å². The molecule has 2 aromatic carbocycles. The highest BCUT2D eigenvalue weighted by molar-refractivity contribution is 14.1. The van der Waals surface area contributed by atoms with E-state index in [4.69, 9.17) is 9.47 Å². The number of benzene rings is 2. The van der Waals surface area contributed by atoms with Gasteiger partial charge in [-0.05, 0) is 72.0 Å². The van der Waals surface area contributed by atoms with Crippen molar-refractivity contribution >= 4 is 38.3 Å². The van der Waals surface area contributed by atoms with Gasteiger partial charge < -0.3 is 9.47 Å². The summed E-state index contributed by atoms with van der Waals surface area (Å²) >= 11 is 2.04. The molecule has 0 saturated heterocycles. The molecule has 0 radical (unpaired) electrons. The van der Waals surface area contributed by atoms with E-state index in [1.165, 1.54) is 6.07 Å². The van der Waals surface area contributed by atoms with Gasteiger partial charge in [0, 0.05) is 5.69 Å². The summed E-state index contributed by atoms with van der Waals surface area (Å²) < 4.78 is 38.5. The Morgan fingerprint density at radius 2 is 1.82 bits per heavy atom. The summed E-state index contributed by atoms with van der Waals surface area (Å²) in [5, 5.41) is 0. The molecule has 0 aliphatic carbocycles. The monoisotopic (exact) mass is 433 g/mol. The standard InChI is InChI=1S/C15H16INO4S/c1-3-21-12-6-4-11(5-7-12)17-22(18,19)13-8-9-15(20-2)14(16)10-13/h4-10,17H,3H2,1-2H3. The van der Waals surface area contributed by atoms with Crippen LogP contribution in [-0.2, 0) is 10.0 Å². The minimum Gasteiger partial charge on any atom is -0.496 e. The third kappa shape index (κ3) is 4.04. The van der Waals surface area contributed by atoms with Crippen molar-refractivity contribution in [2.45, 2.75) is 11.8 Å². The van der Waals surface area contributed by atoms with Crippen molar-refractivity contribution in [3.63, 3.8) is 0 Å². The number of hydrogen-bond donors (Lipinski definition) is 1. The Morgan fingerprint density at radius 3 is 2.36 bits per heavy atom. The number of hydrogen-bond acceptors (Lipinski definition) is 4. The fourth-order valence-electron chi connectivity index (χ4n) is 1.81. The zero-order valence-corrected chi connectivity index (χ0v) is 15.1. The summed E-state index contributed by atoms with van der Waals surface area (Å²) in [5.41, 5.74) is 0.481. The summed E-state index contributed by atoms with van der Waals surface area (Å²) in [4.78, 5) is 0.187. The largest absolute Gasteiger partial charge is 0.496 e. The molecule has 0 spiro atoms. The van der Waals surface area contributed by atoms with Gasteiger partial charge in [0.25, 0.3) is 10.0 Å². The third-order valence-electron chi connectivity index (χ3n) is 2.85. The molecular formula is C15H16INO4S. The van der Waals surface area contributed by atoms with Gasteiger partial charge in [0.2, 0.25) is 0 Å². The molecule has 0 bridgehead atoms. The number of anilines is 1. The lowest BCUT2D eigenvalue weighted by molar-refractivity contribution is 0.340. The summed E-state index contributed by atoms with van der Waals surface area (Å²) in [6, 6.07) is 11.5. The Balaban J connectivity index is 2.21. The van der Waals surface area contributed by atoms with Crippen LogP contribution in [0.3, 0.4) is 0 Å². The normalized spacial score (nSPS) is 11.0. The first-order valence-corrected chi connectivity index (χ1v) is 9.11. The van der Waals surface area contributed by atoms with Crippen LogP contribution in [0.1, 0.15) is 6.92 Å². The van der Waals surface area contributed by atoms with Gasteiger partial charge in [-0.1, -0.05) is 0 Å². The van der Waals surface area contributed by atoms with Crippen LogP contribution in [0.5, 0.6) is 11.5 Å². The Kier molecular flexibility index (Phi) is 5.52. The van der Waals surface area contributed by atoms with E-state index in [-0.39, 0.29) is 4.90 Å². The minimum absolute atomic E-state index is 0.187. The third-order valence-corrected chi connectivity index (χ3v) is 5.07. The van der Waals surface area contributed by atoms with Crippen molar-refractivity contribution < 1.29 is 17.9 Å². The van der Waals surface area contributed by atoms with E-state index in [0.29, 0.717) is 23.8 Å². The van der Waals surface area contributed by atoms with E-state index < -0.39 is 10.0 Å². The highest BCUT2D eigenvalue weighted by atomic mass is 127. The second kappa shape index (κ2) is 7.19. The molecule has 0 unspecified atom stereocenters. The van der Waals surface area contributed by atoms with Crippen LogP contribution in [0, 0.1) is 3.57 Å². The lowest BCUT2D eigenvalue weighted by Gasteiger charge is -2.10. The van der Waals surface area contributed by atoms with Crippen LogP contribution in [0.25, 0.3) is 0 Å². The molecule has 0 aliphatic heterocycles. The van der Waals surface area contributed by atoms with Gasteiger partial charge in [0.15, 0.2) is 0 Å². The first-order valence-electron chi connectivity index (χ1n) is 6.55. The summed E-state index contributed by atoms with van der Waals surface area (Å²) in [6.45, 7) is 2.46. The van der Waals surface area contributed by atoms with Crippen molar-refractivity contribution in [1.29, 1.82) is 0 Å². The maximum absolute atomic E-state index is 12.4. The summed E-state index contributed by atoms with van der Waals surface area (Å²) in [6.07, 6.45) is 0. The average Bonchev–Trinajstić information content (AvgIpc) is 2.49. The molecule has 1 N–H and O–H groups in total. The Labute approximate surface area is 143 Å². The van der Waals surface area contributed by atoms with Crippen molar-refractivity contribution in [3.8, 4) is 11.5 Å². The van der Waals surface area contributed by atoms with Crippen molar-refractivity contribution in [3.05, 3.63) is 46.0 Å². The van der Waals surface area contributed by atoms with Crippen LogP contribution >= 0.6 is 22.6 Å². The molecule has 0 saturated carbocycles. The van der Waals surface area contributed by atoms with Gasteiger partial charge in [-0.2, -0.15) is 0 Å². The number of rotatable bonds is 6. The van der Waals surface area contributed by atoms with Crippen LogP contribution in [0.4, 0.5) is 5.69 Å². The molecule has 5 nitrogen and oxygen atoms in total. The summed E-state index contributed by atoms with van der Waals surface area (Å²) in [5.74, 6) is 1.34. The second-order valence-electron chi connectivity index (χ2n) is 4.36. The van der Waals surface area contributed by atoms with Crippen LogP contribution in [0.15, 0.2) is 47.4 Å². The van der Waals surface area contributed by atoms with Gasteiger partial charge in [-0.15, -0.1) is 0 Å². The molecule has 22 heavy (non-hydrogen) atoms. The first kappa shape index (κ1) is 16.9. The van der Waals surface area contributed by atoms with Crippen molar-refractivity contribution in [2.75, 3.05) is 18.4 Å². The number of halogens is 1. The lowest BCUT2D eigenvalue weighted by atomic mass is 10.3. The number of nitrogens with one attached hydrogen (secondary N) is 1. The molecule has 7 heteroatoms. The SMILES string of the molecule is CCOc1ccc(NS(=O)(=O)c2ccc(OC)c(I)c2)cc1. The predicted molar refractivity (Wildman–Crippen MR) is 94.1 cm³/mol. The van der Waals surface area contributed by atoms with Gasteiger partial charge in [0.05, 0.1) is 22.2 Å². The molecule has 2 aromatic rings. The zero-order chi connectivity index (χ0) is 16.2. The number of methoxy groups -OCH3 is 1. The van der Waals surface area contributed by atoms with Crippen LogP contribution < -0.4 is 14.2 Å². The predicted octanol–water partition coefficient (Wildman–Crippen LogP) is 3.50. The Morgan fingerprint density at radius 1 is 1.14 bits per heavy atom. The highest BCUT2D eigenvalue weighted by Crippen LogP contribution is 2.25. The fraction of sp³-hybridized carbons (Fsp3) is 0.200. The molecule has 0 atom stereocenters. The second-order valence-corrected chi connectivity index (χ2v) is 7.20. The quantitative estimate of drug-likeness (QED) is 0.709. The molecule has 118 valence electrons. The molecule has 0 fully saturated rings. The Hall–Kier alpha value is -1.48. The van der Waals surface area contributed by atoms with Gasteiger partial charge in [0.1, 0.15) is 11.5 Å². The van der Waals surface area contributed by atoms with E-state index in [0.717, 1.165) is 3.57 Å². The van der Waals surface area contributed by atoms with Gasteiger partial charge in [-0.3, -0.25) is 4.72 Å². The lowest BCUT2D eigenvalue weighted by Crippen LogP contribution is -2.13. The fourth-order valence-corrected chi connectivity index (χ4v) is 3.85. The first-order chi connectivity index (χ1) is 10.5. The molecular weight excluding hydrogens is 417 g/mol. The Bertz CT molecular complexity index is 745. The minimum atomic E-state index is -3.64. The topological polar surface area (TPSA) is 64.6 Å². The average molecular weight is 433 g/mol. The number of ether oxygens (including phenoxy) is 2. The maximum Gasteiger partial charge on any atom is 0.261 e. The van der Waals surface area contributed by atoms with Crippen molar-refractivity contribution in [1.82, 2.24) is 0 Å². The smallest absolute Gasteiger partial charge is 0.261 e. The van der Waals surface area contributed by atoms with E-state index in [1.54, 1.807) is 43.5 Å². The van der Waals surface area contributed by atoms with Crippen molar-refractivity contribution in [2.24, 2.45) is 0 Å². The molecule has 0 aromatic heterocycles. The van der Waals surface area contributed by atoms with E-state index in [1.807, 2.05) is 29.5 Å².